The number of carbonyl (C=O) groups excluding carboxylic acids is 3. The Morgan fingerprint density at radius 1 is 0.893 bits per heavy atom. The maximum absolute atomic E-state index is 12.4. The zero-order valence-corrected chi connectivity index (χ0v) is 15.5. The van der Waals surface area contributed by atoms with Crippen LogP contribution >= 0.6 is 11.8 Å². The van der Waals surface area contributed by atoms with Gasteiger partial charge < -0.3 is 4.74 Å². The molecule has 2 aromatic carbocycles. The molecular weight excluding hydrogens is 376 g/mol. The molecule has 1 heterocycles. The van der Waals surface area contributed by atoms with Gasteiger partial charge in [-0.2, -0.15) is 0 Å². The van der Waals surface area contributed by atoms with Gasteiger partial charge in [-0.05, 0) is 36.4 Å². The van der Waals surface area contributed by atoms with E-state index in [0.29, 0.717) is 10.6 Å². The first-order chi connectivity index (χ1) is 13.6. The van der Waals surface area contributed by atoms with E-state index in [-0.39, 0.29) is 5.56 Å². The van der Waals surface area contributed by atoms with Crippen molar-refractivity contribution in [1.82, 2.24) is 10.3 Å². The number of pyridine rings is 1. The summed E-state index contributed by atoms with van der Waals surface area (Å²) in [4.78, 5) is 41.4. The van der Waals surface area contributed by atoms with Crippen LogP contribution < -0.4 is 5.32 Å². The number of carbonyl (C=O) groups is 3. The lowest BCUT2D eigenvalue weighted by atomic mass is 10.2. The fraction of sp³-hybridized carbons (Fsp3) is 0.0476. The molecule has 0 bridgehead atoms. The van der Waals surface area contributed by atoms with Crippen molar-refractivity contribution in [3.8, 4) is 0 Å². The van der Waals surface area contributed by atoms with Crippen molar-refractivity contribution in [2.75, 3.05) is 6.61 Å². The second-order valence-electron chi connectivity index (χ2n) is 5.59. The van der Waals surface area contributed by atoms with E-state index in [1.165, 1.54) is 11.8 Å². The summed E-state index contributed by atoms with van der Waals surface area (Å²) in [6.45, 7) is -0.568. The van der Waals surface area contributed by atoms with Gasteiger partial charge in [0.1, 0.15) is 5.03 Å². The van der Waals surface area contributed by atoms with Gasteiger partial charge in [0.25, 0.3) is 11.8 Å². The van der Waals surface area contributed by atoms with E-state index in [1.54, 1.807) is 48.7 Å². The number of ether oxygens (including phenoxy) is 1. The Hall–Kier alpha value is -3.45. The van der Waals surface area contributed by atoms with Crippen LogP contribution in [-0.2, 0) is 9.53 Å². The van der Waals surface area contributed by atoms with Crippen molar-refractivity contribution in [2.24, 2.45) is 0 Å². The van der Waals surface area contributed by atoms with Gasteiger partial charge in [0.15, 0.2) is 6.61 Å². The summed E-state index contributed by atoms with van der Waals surface area (Å²) in [5.41, 5.74) is 0.592. The number of hydrogen-bond acceptors (Lipinski definition) is 6. The summed E-state index contributed by atoms with van der Waals surface area (Å²) in [6.07, 6.45) is 1.58. The minimum absolute atomic E-state index is 0.249. The molecule has 0 radical (unpaired) electrons. The zero-order chi connectivity index (χ0) is 19.8. The van der Waals surface area contributed by atoms with Gasteiger partial charge in [-0.1, -0.05) is 48.2 Å². The van der Waals surface area contributed by atoms with E-state index in [0.717, 1.165) is 4.90 Å². The SMILES string of the molecule is O=C(COC(=O)c1cccnc1Sc1ccccc1)NC(=O)c1ccccc1. The van der Waals surface area contributed by atoms with Crippen LogP contribution in [0.15, 0.2) is 88.9 Å². The van der Waals surface area contributed by atoms with E-state index >= 15 is 0 Å². The molecule has 6 nitrogen and oxygen atoms in total. The number of aromatic nitrogens is 1. The molecule has 3 rings (SSSR count). The molecule has 0 atom stereocenters. The first kappa shape index (κ1) is 19.3. The average Bonchev–Trinajstić information content (AvgIpc) is 2.74. The predicted octanol–water partition coefficient (Wildman–Crippen LogP) is 3.35. The molecule has 7 heteroatoms. The molecule has 0 aliphatic rings. The van der Waals surface area contributed by atoms with Crippen molar-refractivity contribution in [3.63, 3.8) is 0 Å². The van der Waals surface area contributed by atoms with E-state index in [4.69, 9.17) is 4.74 Å². The van der Waals surface area contributed by atoms with Crippen LogP contribution in [0.5, 0.6) is 0 Å². The normalized spacial score (nSPS) is 10.1. The lowest BCUT2D eigenvalue weighted by molar-refractivity contribution is -0.123. The molecule has 0 saturated carbocycles. The molecule has 3 aromatic rings. The second-order valence-corrected chi connectivity index (χ2v) is 6.65. The highest BCUT2D eigenvalue weighted by Gasteiger charge is 2.17. The summed E-state index contributed by atoms with van der Waals surface area (Å²) < 4.78 is 5.05. The zero-order valence-electron chi connectivity index (χ0n) is 14.7. The molecule has 140 valence electrons. The van der Waals surface area contributed by atoms with E-state index in [9.17, 15) is 14.4 Å². The van der Waals surface area contributed by atoms with Crippen molar-refractivity contribution in [3.05, 3.63) is 90.1 Å². The van der Waals surface area contributed by atoms with Crippen LogP contribution in [0.25, 0.3) is 0 Å². The minimum atomic E-state index is -0.705. The van der Waals surface area contributed by atoms with Crippen molar-refractivity contribution in [2.45, 2.75) is 9.92 Å². The number of hydrogen-bond donors (Lipinski definition) is 1. The second kappa shape index (κ2) is 9.48. The summed E-state index contributed by atoms with van der Waals surface area (Å²) in [7, 11) is 0. The van der Waals surface area contributed by atoms with Crippen LogP contribution in [0, 0.1) is 0 Å². The van der Waals surface area contributed by atoms with E-state index < -0.39 is 24.4 Å². The third-order valence-electron chi connectivity index (χ3n) is 3.57. The molecule has 2 amide bonds. The van der Waals surface area contributed by atoms with E-state index in [2.05, 4.69) is 10.3 Å². The molecule has 0 aliphatic heterocycles. The number of amides is 2. The molecule has 0 saturated heterocycles. The van der Waals surface area contributed by atoms with Crippen LogP contribution in [0.1, 0.15) is 20.7 Å². The van der Waals surface area contributed by atoms with Gasteiger partial charge >= 0.3 is 5.97 Å². The van der Waals surface area contributed by atoms with Crippen LogP contribution in [0.3, 0.4) is 0 Å². The number of nitrogens with zero attached hydrogens (tertiary/aromatic N) is 1. The third-order valence-corrected chi connectivity index (χ3v) is 4.60. The first-order valence-electron chi connectivity index (χ1n) is 8.38. The van der Waals surface area contributed by atoms with Crippen LogP contribution in [0.4, 0.5) is 0 Å². The highest BCUT2D eigenvalue weighted by atomic mass is 32.2. The summed E-state index contributed by atoms with van der Waals surface area (Å²) in [6, 6.07) is 21.0. The Morgan fingerprint density at radius 3 is 2.29 bits per heavy atom. The smallest absolute Gasteiger partial charge is 0.341 e. The number of benzene rings is 2. The summed E-state index contributed by atoms with van der Waals surface area (Å²) in [5, 5.41) is 2.65. The van der Waals surface area contributed by atoms with Gasteiger partial charge in [0.05, 0.1) is 5.56 Å². The molecule has 1 aromatic heterocycles. The largest absolute Gasteiger partial charge is 0.452 e. The molecule has 0 unspecified atom stereocenters. The standard InChI is InChI=1S/C21H16N2O4S/c24-18(23-19(25)15-8-3-1-4-9-15)14-27-21(26)17-12-7-13-22-20(17)28-16-10-5-2-6-11-16/h1-13H,14H2,(H,23,24,25). The fourth-order valence-corrected chi connectivity index (χ4v) is 3.15. The van der Waals surface area contributed by atoms with Crippen molar-refractivity contribution < 1.29 is 19.1 Å². The fourth-order valence-electron chi connectivity index (χ4n) is 2.26. The van der Waals surface area contributed by atoms with Crippen molar-refractivity contribution >= 4 is 29.5 Å². The molecule has 0 aliphatic carbocycles. The average molecular weight is 392 g/mol. The monoisotopic (exact) mass is 392 g/mol. The lowest BCUT2D eigenvalue weighted by Gasteiger charge is -2.09. The predicted molar refractivity (Wildman–Crippen MR) is 104 cm³/mol. The van der Waals surface area contributed by atoms with Gasteiger partial charge in [-0.25, -0.2) is 9.78 Å². The first-order valence-corrected chi connectivity index (χ1v) is 9.19. The Labute approximate surface area is 165 Å². The minimum Gasteiger partial charge on any atom is -0.452 e. The van der Waals surface area contributed by atoms with Crippen LogP contribution in [0.2, 0.25) is 0 Å². The Bertz CT molecular complexity index is 978. The lowest BCUT2D eigenvalue weighted by Crippen LogP contribution is -2.34. The summed E-state index contributed by atoms with van der Waals surface area (Å²) in [5.74, 6) is -1.94. The number of imide groups is 1. The highest BCUT2D eigenvalue weighted by Crippen LogP contribution is 2.28. The molecule has 0 spiro atoms. The Morgan fingerprint density at radius 2 is 1.57 bits per heavy atom. The topological polar surface area (TPSA) is 85.4 Å². The van der Waals surface area contributed by atoms with Gasteiger partial charge in [0.2, 0.25) is 0 Å². The van der Waals surface area contributed by atoms with Gasteiger partial charge in [-0.3, -0.25) is 14.9 Å². The molecular formula is C21H16N2O4S. The summed E-state index contributed by atoms with van der Waals surface area (Å²) >= 11 is 1.32. The van der Waals surface area contributed by atoms with Crippen molar-refractivity contribution in [1.29, 1.82) is 0 Å². The maximum atomic E-state index is 12.4. The van der Waals surface area contributed by atoms with E-state index in [1.807, 2.05) is 30.3 Å². The Kier molecular flexibility index (Phi) is 6.54. The Balaban J connectivity index is 1.59. The highest BCUT2D eigenvalue weighted by molar-refractivity contribution is 7.99. The van der Waals surface area contributed by atoms with Gasteiger partial charge in [-0.15, -0.1) is 0 Å². The number of esters is 1. The molecule has 0 fully saturated rings. The van der Waals surface area contributed by atoms with Crippen LogP contribution in [-0.4, -0.2) is 29.4 Å². The molecule has 28 heavy (non-hydrogen) atoms. The third kappa shape index (κ3) is 5.28. The maximum Gasteiger partial charge on any atom is 0.341 e. The molecule has 1 N–H and O–H groups in total. The number of rotatable bonds is 6. The number of nitrogens with one attached hydrogen (secondary N) is 1. The van der Waals surface area contributed by atoms with Gasteiger partial charge in [0, 0.05) is 16.7 Å². The quantitative estimate of drug-likeness (QED) is 0.648.